The molecular formula is C18H27NO5. The molecule has 0 atom stereocenters. The van der Waals surface area contributed by atoms with Gasteiger partial charge in [-0.25, -0.2) is 0 Å². The Morgan fingerprint density at radius 3 is 2.25 bits per heavy atom. The van der Waals surface area contributed by atoms with Crippen molar-refractivity contribution in [2.75, 3.05) is 26.3 Å². The predicted molar refractivity (Wildman–Crippen MR) is 90.6 cm³/mol. The second-order valence-electron chi connectivity index (χ2n) is 5.31. The quantitative estimate of drug-likeness (QED) is 0.592. The minimum absolute atomic E-state index is 0.0188. The molecule has 0 saturated carbocycles. The minimum Gasteiger partial charge on any atom is -0.481 e. The van der Waals surface area contributed by atoms with E-state index >= 15 is 0 Å². The molecule has 0 aliphatic rings. The first-order valence-electron chi connectivity index (χ1n) is 8.33. The van der Waals surface area contributed by atoms with Crippen LogP contribution < -0.4 is 0 Å². The summed E-state index contributed by atoms with van der Waals surface area (Å²) in [5, 5.41) is 8.78. The number of amides is 1. The molecule has 0 radical (unpaired) electrons. The molecule has 1 rings (SSSR count). The molecule has 0 aromatic heterocycles. The Kier molecular flexibility index (Phi) is 9.72. The zero-order valence-electron chi connectivity index (χ0n) is 14.4. The molecule has 1 N–H and O–H groups in total. The molecule has 0 bridgehead atoms. The molecule has 0 spiro atoms. The van der Waals surface area contributed by atoms with Gasteiger partial charge >= 0.3 is 5.97 Å². The molecule has 0 heterocycles. The second-order valence-corrected chi connectivity index (χ2v) is 5.31. The van der Waals surface area contributed by atoms with Crippen LogP contribution in [0.5, 0.6) is 0 Å². The highest BCUT2D eigenvalue weighted by atomic mass is 16.7. The van der Waals surface area contributed by atoms with Crippen molar-refractivity contribution in [3.63, 3.8) is 0 Å². The monoisotopic (exact) mass is 337 g/mol. The largest absolute Gasteiger partial charge is 0.481 e. The summed E-state index contributed by atoms with van der Waals surface area (Å²) in [6.45, 7) is 5.51. The summed E-state index contributed by atoms with van der Waals surface area (Å²) >= 11 is 0. The molecule has 0 unspecified atom stereocenters. The summed E-state index contributed by atoms with van der Waals surface area (Å²) in [4.78, 5) is 24.7. The van der Waals surface area contributed by atoms with Gasteiger partial charge in [-0.05, 0) is 25.8 Å². The van der Waals surface area contributed by atoms with Crippen LogP contribution in [0.2, 0.25) is 0 Å². The smallest absolute Gasteiger partial charge is 0.303 e. The first-order valence-corrected chi connectivity index (χ1v) is 8.33. The number of benzene rings is 1. The fraction of sp³-hybridized carbons (Fsp3) is 0.556. The Bertz CT molecular complexity index is 485. The van der Waals surface area contributed by atoms with Gasteiger partial charge in [0.2, 0.25) is 5.91 Å². The van der Waals surface area contributed by atoms with E-state index in [-0.39, 0.29) is 18.7 Å². The number of carboxylic acid groups (broad SMARTS) is 1. The summed E-state index contributed by atoms with van der Waals surface area (Å²) < 4.78 is 11.0. The number of aliphatic carboxylic acids is 1. The van der Waals surface area contributed by atoms with E-state index in [1.54, 1.807) is 4.90 Å². The van der Waals surface area contributed by atoms with Crippen LogP contribution in [0.15, 0.2) is 30.3 Å². The molecule has 0 aliphatic heterocycles. The van der Waals surface area contributed by atoms with E-state index < -0.39 is 12.3 Å². The Labute approximate surface area is 143 Å². The molecule has 0 fully saturated rings. The maximum Gasteiger partial charge on any atom is 0.303 e. The van der Waals surface area contributed by atoms with Gasteiger partial charge in [0.05, 0.1) is 13.0 Å². The third-order valence-corrected chi connectivity index (χ3v) is 3.49. The Morgan fingerprint density at radius 1 is 1.08 bits per heavy atom. The van der Waals surface area contributed by atoms with Crippen molar-refractivity contribution in [3.05, 3.63) is 35.9 Å². The topological polar surface area (TPSA) is 76.1 Å². The van der Waals surface area contributed by atoms with E-state index in [2.05, 4.69) is 0 Å². The summed E-state index contributed by atoms with van der Waals surface area (Å²) in [6, 6.07) is 9.86. The van der Waals surface area contributed by atoms with Gasteiger partial charge < -0.3 is 19.5 Å². The molecule has 134 valence electrons. The highest BCUT2D eigenvalue weighted by Crippen LogP contribution is 2.07. The molecule has 24 heavy (non-hydrogen) atoms. The van der Waals surface area contributed by atoms with Crippen molar-refractivity contribution in [1.29, 1.82) is 0 Å². The SMILES string of the molecule is CCOC(CN(CCc1ccccc1)C(=O)CCC(=O)O)OCC. The molecular weight excluding hydrogens is 310 g/mol. The van der Waals surface area contributed by atoms with Gasteiger partial charge in [0, 0.05) is 26.2 Å². The van der Waals surface area contributed by atoms with Crippen molar-refractivity contribution in [1.82, 2.24) is 4.90 Å². The number of hydrogen-bond donors (Lipinski definition) is 1. The van der Waals surface area contributed by atoms with Crippen molar-refractivity contribution in [2.24, 2.45) is 0 Å². The second kappa shape index (κ2) is 11.6. The van der Waals surface area contributed by atoms with Gasteiger partial charge in [0.25, 0.3) is 0 Å². The number of nitrogens with zero attached hydrogens (tertiary/aromatic N) is 1. The highest BCUT2D eigenvalue weighted by Gasteiger charge is 2.20. The van der Waals surface area contributed by atoms with Gasteiger partial charge in [0.1, 0.15) is 0 Å². The van der Waals surface area contributed by atoms with Crippen molar-refractivity contribution < 1.29 is 24.2 Å². The van der Waals surface area contributed by atoms with Crippen LogP contribution in [0.4, 0.5) is 0 Å². The molecule has 1 aromatic rings. The number of carbonyl (C=O) groups excluding carboxylic acids is 1. The predicted octanol–water partition coefficient (Wildman–Crippen LogP) is 2.32. The summed E-state index contributed by atoms with van der Waals surface area (Å²) in [7, 11) is 0. The lowest BCUT2D eigenvalue weighted by molar-refractivity contribution is -0.159. The summed E-state index contributed by atoms with van der Waals surface area (Å²) in [5.41, 5.74) is 1.12. The van der Waals surface area contributed by atoms with Crippen LogP contribution in [-0.4, -0.2) is 54.5 Å². The van der Waals surface area contributed by atoms with E-state index in [1.165, 1.54) is 0 Å². The standard InChI is InChI=1S/C18H27NO5/c1-3-23-18(24-4-2)14-19(16(20)10-11-17(21)22)13-12-15-8-6-5-7-9-15/h5-9,18H,3-4,10-14H2,1-2H3,(H,21,22). The first-order chi connectivity index (χ1) is 11.6. The maximum atomic E-state index is 12.4. The normalized spacial score (nSPS) is 10.8. The van der Waals surface area contributed by atoms with E-state index in [0.29, 0.717) is 32.7 Å². The zero-order valence-corrected chi connectivity index (χ0v) is 14.4. The van der Waals surface area contributed by atoms with Crippen LogP contribution in [0.3, 0.4) is 0 Å². The lowest BCUT2D eigenvalue weighted by Gasteiger charge is -2.27. The number of carbonyl (C=O) groups is 2. The van der Waals surface area contributed by atoms with E-state index in [1.807, 2.05) is 44.2 Å². The van der Waals surface area contributed by atoms with E-state index in [0.717, 1.165) is 5.56 Å². The van der Waals surface area contributed by atoms with Gasteiger partial charge in [-0.15, -0.1) is 0 Å². The Balaban J connectivity index is 2.69. The van der Waals surface area contributed by atoms with Gasteiger partial charge in [0.15, 0.2) is 6.29 Å². The van der Waals surface area contributed by atoms with Crippen LogP contribution in [-0.2, 0) is 25.5 Å². The van der Waals surface area contributed by atoms with Crippen molar-refractivity contribution in [3.8, 4) is 0 Å². The molecule has 0 aliphatic carbocycles. The average Bonchev–Trinajstić information content (AvgIpc) is 2.57. The number of rotatable bonds is 12. The molecule has 1 aromatic carbocycles. The van der Waals surface area contributed by atoms with Crippen LogP contribution >= 0.6 is 0 Å². The molecule has 6 heteroatoms. The number of ether oxygens (including phenoxy) is 2. The van der Waals surface area contributed by atoms with Gasteiger partial charge in [-0.2, -0.15) is 0 Å². The van der Waals surface area contributed by atoms with Crippen molar-refractivity contribution >= 4 is 11.9 Å². The molecule has 1 amide bonds. The maximum absolute atomic E-state index is 12.4. The molecule has 6 nitrogen and oxygen atoms in total. The number of hydrogen-bond acceptors (Lipinski definition) is 4. The Hall–Kier alpha value is -1.92. The summed E-state index contributed by atoms with van der Waals surface area (Å²) in [6.07, 6.45) is 0.0125. The lowest BCUT2D eigenvalue weighted by Crippen LogP contribution is -2.41. The molecule has 0 saturated heterocycles. The number of carboxylic acids is 1. The Morgan fingerprint density at radius 2 is 1.71 bits per heavy atom. The van der Waals surface area contributed by atoms with E-state index in [4.69, 9.17) is 14.6 Å². The highest BCUT2D eigenvalue weighted by molar-refractivity contribution is 5.80. The minimum atomic E-state index is -0.975. The first kappa shape index (κ1) is 20.1. The van der Waals surface area contributed by atoms with Crippen LogP contribution in [0, 0.1) is 0 Å². The third kappa shape index (κ3) is 8.08. The summed E-state index contributed by atoms with van der Waals surface area (Å²) in [5.74, 6) is -1.17. The van der Waals surface area contributed by atoms with Crippen LogP contribution in [0.25, 0.3) is 0 Å². The third-order valence-electron chi connectivity index (χ3n) is 3.49. The van der Waals surface area contributed by atoms with Gasteiger partial charge in [-0.1, -0.05) is 30.3 Å². The fourth-order valence-electron chi connectivity index (χ4n) is 2.30. The lowest BCUT2D eigenvalue weighted by atomic mass is 10.1. The van der Waals surface area contributed by atoms with Crippen molar-refractivity contribution in [2.45, 2.75) is 39.4 Å². The fourth-order valence-corrected chi connectivity index (χ4v) is 2.30. The average molecular weight is 337 g/mol. The van der Waals surface area contributed by atoms with Gasteiger partial charge in [-0.3, -0.25) is 9.59 Å². The van der Waals surface area contributed by atoms with Crippen LogP contribution in [0.1, 0.15) is 32.3 Å². The zero-order chi connectivity index (χ0) is 17.8. The van der Waals surface area contributed by atoms with E-state index in [9.17, 15) is 9.59 Å².